The van der Waals surface area contributed by atoms with Crippen LogP contribution in [0.3, 0.4) is 0 Å². The van der Waals surface area contributed by atoms with Crippen LogP contribution in [0, 0.1) is 0 Å². The van der Waals surface area contributed by atoms with Crippen LogP contribution in [-0.4, -0.2) is 17.1 Å². The van der Waals surface area contributed by atoms with Gasteiger partial charge in [0.05, 0.1) is 28.4 Å². The Morgan fingerprint density at radius 3 is 2.80 bits per heavy atom. The minimum atomic E-state index is 0.899. The Morgan fingerprint density at radius 2 is 1.88 bits per heavy atom. The van der Waals surface area contributed by atoms with E-state index in [9.17, 15) is 0 Å². The minimum absolute atomic E-state index is 0.899. The lowest BCUT2D eigenvalue weighted by molar-refractivity contribution is 0.421. The Hall–Kier alpha value is -2.70. The number of benzene rings is 2. The topological polar surface area (TPSA) is 47.0 Å². The van der Waals surface area contributed by atoms with Gasteiger partial charge in [-0.3, -0.25) is 4.98 Å². The van der Waals surface area contributed by atoms with Gasteiger partial charge in [0.1, 0.15) is 5.75 Å². The van der Waals surface area contributed by atoms with Gasteiger partial charge in [0.25, 0.3) is 0 Å². The maximum Gasteiger partial charge on any atom is 0.137 e. The van der Waals surface area contributed by atoms with Crippen molar-refractivity contribution < 1.29 is 4.74 Å². The third-order valence-electron chi connectivity index (χ3n) is 4.23. The molecule has 4 nitrogen and oxygen atoms in total. The molecule has 122 valence electrons. The van der Waals surface area contributed by atoms with Crippen molar-refractivity contribution in [2.45, 2.75) is 0 Å². The van der Waals surface area contributed by atoms with Gasteiger partial charge in [-0.1, -0.05) is 0 Å². The van der Waals surface area contributed by atoms with E-state index in [0.717, 1.165) is 38.9 Å². The highest BCUT2D eigenvalue weighted by Crippen LogP contribution is 2.37. The average molecular weight is 363 g/mol. The first kappa shape index (κ1) is 14.6. The highest BCUT2D eigenvalue weighted by Gasteiger charge is 2.10. The number of methoxy groups -OCH3 is 1. The Labute approximate surface area is 151 Å². The van der Waals surface area contributed by atoms with Crippen molar-refractivity contribution in [3.05, 3.63) is 53.5 Å². The number of thiophene rings is 1. The standard InChI is InChI=1S/C19H13N3OS2/c1-23-17-9-24-19-8-12-14(4-5-20-15(12)7-13(17)19)22-11-2-3-18-16(6-11)21-10-25-18/h2-10H,1H3,(H,20,22). The maximum atomic E-state index is 5.44. The number of fused-ring (bicyclic) bond motifs is 3. The molecule has 1 N–H and O–H groups in total. The van der Waals surface area contributed by atoms with E-state index >= 15 is 0 Å². The molecule has 0 bridgehead atoms. The van der Waals surface area contributed by atoms with Crippen LogP contribution in [-0.2, 0) is 0 Å². The molecule has 0 saturated heterocycles. The summed E-state index contributed by atoms with van der Waals surface area (Å²) in [6.07, 6.45) is 1.83. The number of rotatable bonds is 3. The quantitative estimate of drug-likeness (QED) is 0.439. The van der Waals surface area contributed by atoms with E-state index in [1.807, 2.05) is 23.2 Å². The number of aromatic nitrogens is 2. The molecule has 3 heterocycles. The zero-order chi connectivity index (χ0) is 16.8. The second-order valence-corrected chi connectivity index (χ2v) is 7.49. The van der Waals surface area contributed by atoms with Crippen molar-refractivity contribution in [1.29, 1.82) is 0 Å². The van der Waals surface area contributed by atoms with Gasteiger partial charge in [-0.25, -0.2) is 4.98 Å². The second-order valence-electron chi connectivity index (χ2n) is 5.69. The van der Waals surface area contributed by atoms with Crippen LogP contribution in [0.1, 0.15) is 0 Å². The van der Waals surface area contributed by atoms with Gasteiger partial charge >= 0.3 is 0 Å². The van der Waals surface area contributed by atoms with Crippen molar-refractivity contribution >= 4 is 65.3 Å². The zero-order valence-corrected chi connectivity index (χ0v) is 14.9. The summed E-state index contributed by atoms with van der Waals surface area (Å²) in [5.41, 5.74) is 5.89. The lowest BCUT2D eigenvalue weighted by atomic mass is 10.1. The molecule has 0 fully saturated rings. The van der Waals surface area contributed by atoms with Crippen molar-refractivity contribution in [3.63, 3.8) is 0 Å². The van der Waals surface area contributed by atoms with E-state index in [1.54, 1.807) is 29.8 Å². The van der Waals surface area contributed by atoms with Crippen LogP contribution in [0.4, 0.5) is 11.4 Å². The van der Waals surface area contributed by atoms with Crippen LogP contribution in [0.5, 0.6) is 5.75 Å². The highest BCUT2D eigenvalue weighted by atomic mass is 32.1. The molecule has 0 saturated carbocycles. The molecule has 0 unspecified atom stereocenters. The minimum Gasteiger partial charge on any atom is -0.495 e. The average Bonchev–Trinajstić information content (AvgIpc) is 3.26. The molecular formula is C19H13N3OS2. The molecule has 0 amide bonds. The van der Waals surface area contributed by atoms with E-state index < -0.39 is 0 Å². The molecule has 3 aromatic heterocycles. The smallest absolute Gasteiger partial charge is 0.137 e. The van der Waals surface area contributed by atoms with Crippen molar-refractivity contribution in [2.75, 3.05) is 12.4 Å². The van der Waals surface area contributed by atoms with Crippen LogP contribution in [0.2, 0.25) is 0 Å². The van der Waals surface area contributed by atoms with Crippen LogP contribution < -0.4 is 10.1 Å². The number of ether oxygens (including phenoxy) is 1. The molecule has 0 atom stereocenters. The van der Waals surface area contributed by atoms with Crippen molar-refractivity contribution in [1.82, 2.24) is 9.97 Å². The number of hydrogen-bond acceptors (Lipinski definition) is 6. The van der Waals surface area contributed by atoms with Gasteiger partial charge < -0.3 is 10.1 Å². The summed E-state index contributed by atoms with van der Waals surface area (Å²) in [7, 11) is 1.70. The van der Waals surface area contributed by atoms with E-state index in [2.05, 4.69) is 45.6 Å². The number of anilines is 2. The molecule has 2 aromatic carbocycles. The number of nitrogens with zero attached hydrogens (tertiary/aromatic N) is 2. The van der Waals surface area contributed by atoms with Gasteiger partial charge in [-0.2, -0.15) is 0 Å². The molecule has 0 aliphatic heterocycles. The molecular weight excluding hydrogens is 350 g/mol. The van der Waals surface area contributed by atoms with Crippen LogP contribution in [0.15, 0.2) is 53.5 Å². The number of pyridine rings is 1. The Kier molecular flexibility index (Phi) is 3.33. The first-order chi connectivity index (χ1) is 12.3. The number of nitrogens with one attached hydrogen (secondary N) is 1. The lowest BCUT2D eigenvalue weighted by Crippen LogP contribution is -1.92. The predicted molar refractivity (Wildman–Crippen MR) is 107 cm³/mol. The van der Waals surface area contributed by atoms with Gasteiger partial charge in [0.15, 0.2) is 0 Å². The molecule has 5 aromatic rings. The van der Waals surface area contributed by atoms with E-state index in [0.29, 0.717) is 0 Å². The highest BCUT2D eigenvalue weighted by molar-refractivity contribution is 7.17. The summed E-state index contributed by atoms with van der Waals surface area (Å²) >= 11 is 3.33. The summed E-state index contributed by atoms with van der Waals surface area (Å²) in [6.45, 7) is 0. The molecule has 25 heavy (non-hydrogen) atoms. The van der Waals surface area contributed by atoms with Crippen molar-refractivity contribution in [3.8, 4) is 5.75 Å². The van der Waals surface area contributed by atoms with Gasteiger partial charge in [0, 0.05) is 38.4 Å². The maximum absolute atomic E-state index is 5.44. The van der Waals surface area contributed by atoms with Crippen LogP contribution >= 0.6 is 22.7 Å². The Bertz CT molecular complexity index is 1230. The third kappa shape index (κ3) is 2.42. The Balaban J connectivity index is 1.64. The lowest BCUT2D eigenvalue weighted by Gasteiger charge is -2.10. The van der Waals surface area contributed by atoms with Gasteiger partial charge in [-0.15, -0.1) is 22.7 Å². The van der Waals surface area contributed by atoms with Gasteiger partial charge in [0.2, 0.25) is 0 Å². The molecule has 6 heteroatoms. The Morgan fingerprint density at radius 1 is 0.920 bits per heavy atom. The van der Waals surface area contributed by atoms with Crippen LogP contribution in [0.25, 0.3) is 31.2 Å². The second kappa shape index (κ2) is 5.68. The fraction of sp³-hybridized carbons (Fsp3) is 0.0526. The van der Waals surface area contributed by atoms with E-state index in [4.69, 9.17) is 4.74 Å². The summed E-state index contributed by atoms with van der Waals surface area (Å²) < 4.78 is 7.82. The van der Waals surface area contributed by atoms with E-state index in [-0.39, 0.29) is 0 Å². The third-order valence-corrected chi connectivity index (χ3v) is 5.96. The molecule has 0 radical (unpaired) electrons. The SMILES string of the molecule is COc1csc2cc3c(Nc4ccc5scnc5c4)ccnc3cc12. The summed E-state index contributed by atoms with van der Waals surface area (Å²) in [4.78, 5) is 8.92. The normalized spacial score (nSPS) is 11.4. The van der Waals surface area contributed by atoms with Gasteiger partial charge in [-0.05, 0) is 36.4 Å². The molecule has 0 aliphatic rings. The first-order valence-corrected chi connectivity index (χ1v) is 9.52. The predicted octanol–water partition coefficient (Wildman–Crippen LogP) is 5.81. The first-order valence-electron chi connectivity index (χ1n) is 7.76. The fourth-order valence-electron chi connectivity index (χ4n) is 3.00. The van der Waals surface area contributed by atoms with Crippen molar-refractivity contribution in [2.24, 2.45) is 0 Å². The molecule has 5 rings (SSSR count). The summed E-state index contributed by atoms with van der Waals surface area (Å²) in [6, 6.07) is 12.5. The number of hydrogen-bond donors (Lipinski definition) is 1. The monoisotopic (exact) mass is 363 g/mol. The summed E-state index contributed by atoms with van der Waals surface area (Å²) in [5.74, 6) is 0.899. The van der Waals surface area contributed by atoms with E-state index in [1.165, 1.54) is 9.40 Å². The molecule has 0 aliphatic carbocycles. The largest absolute Gasteiger partial charge is 0.495 e. The zero-order valence-electron chi connectivity index (χ0n) is 13.3. The summed E-state index contributed by atoms with van der Waals surface area (Å²) in [5, 5.41) is 7.75. The fourth-order valence-corrected chi connectivity index (χ4v) is 4.59. The molecule has 0 spiro atoms. The number of thiazole rings is 1.